The predicted octanol–water partition coefficient (Wildman–Crippen LogP) is 3.71. The number of carbonyl (C=O) groups is 1. The van der Waals surface area contributed by atoms with Gasteiger partial charge < -0.3 is 5.32 Å². The minimum atomic E-state index is -0.110. The lowest BCUT2D eigenvalue weighted by Gasteiger charge is -2.02. The standard InChI is InChI=1S/C17H16ClNO/c18-16-9-5-4-8-15(16)10-11-17(20)19-13-12-14-6-2-1-3-7-14/h1-11H,12-13H2,(H,19,20). The van der Waals surface area contributed by atoms with Gasteiger partial charge in [0.15, 0.2) is 0 Å². The molecule has 1 amide bonds. The lowest BCUT2D eigenvalue weighted by Crippen LogP contribution is -2.23. The van der Waals surface area contributed by atoms with Crippen molar-refractivity contribution in [1.82, 2.24) is 5.32 Å². The van der Waals surface area contributed by atoms with Crippen molar-refractivity contribution in [2.45, 2.75) is 6.42 Å². The number of benzene rings is 2. The Morgan fingerprint density at radius 3 is 2.50 bits per heavy atom. The quantitative estimate of drug-likeness (QED) is 0.834. The van der Waals surface area contributed by atoms with Gasteiger partial charge in [0.1, 0.15) is 0 Å². The average molecular weight is 286 g/mol. The van der Waals surface area contributed by atoms with Gasteiger partial charge in [0, 0.05) is 17.6 Å². The van der Waals surface area contributed by atoms with E-state index in [-0.39, 0.29) is 5.91 Å². The highest BCUT2D eigenvalue weighted by molar-refractivity contribution is 6.32. The van der Waals surface area contributed by atoms with Crippen LogP contribution in [0.4, 0.5) is 0 Å². The summed E-state index contributed by atoms with van der Waals surface area (Å²) in [4.78, 5) is 11.7. The largest absolute Gasteiger partial charge is 0.352 e. The smallest absolute Gasteiger partial charge is 0.244 e. The summed E-state index contributed by atoms with van der Waals surface area (Å²) in [6.07, 6.45) is 4.05. The van der Waals surface area contributed by atoms with Gasteiger partial charge in [-0.05, 0) is 29.7 Å². The number of rotatable bonds is 5. The molecule has 0 spiro atoms. The lowest BCUT2D eigenvalue weighted by atomic mass is 10.1. The van der Waals surface area contributed by atoms with Gasteiger partial charge in [-0.25, -0.2) is 0 Å². The maximum absolute atomic E-state index is 11.7. The van der Waals surface area contributed by atoms with Crippen molar-refractivity contribution in [3.05, 3.63) is 76.8 Å². The van der Waals surface area contributed by atoms with Crippen LogP contribution in [0.3, 0.4) is 0 Å². The van der Waals surface area contributed by atoms with Crippen LogP contribution in [0.15, 0.2) is 60.7 Å². The second-order valence-electron chi connectivity index (χ2n) is 4.38. The summed E-state index contributed by atoms with van der Waals surface area (Å²) in [6, 6.07) is 17.5. The Morgan fingerprint density at radius 2 is 1.75 bits per heavy atom. The van der Waals surface area contributed by atoms with E-state index >= 15 is 0 Å². The highest BCUT2D eigenvalue weighted by Gasteiger charge is 1.98. The van der Waals surface area contributed by atoms with Crippen molar-refractivity contribution in [2.24, 2.45) is 0 Å². The lowest BCUT2D eigenvalue weighted by molar-refractivity contribution is -0.116. The van der Waals surface area contributed by atoms with Gasteiger partial charge in [-0.1, -0.05) is 60.1 Å². The molecule has 0 saturated heterocycles. The van der Waals surface area contributed by atoms with Crippen molar-refractivity contribution < 1.29 is 4.79 Å². The van der Waals surface area contributed by atoms with Crippen LogP contribution in [-0.4, -0.2) is 12.5 Å². The van der Waals surface area contributed by atoms with E-state index in [0.29, 0.717) is 11.6 Å². The number of hydrogen-bond donors (Lipinski definition) is 1. The van der Waals surface area contributed by atoms with Crippen LogP contribution in [0.1, 0.15) is 11.1 Å². The molecule has 0 fully saturated rings. The van der Waals surface area contributed by atoms with E-state index in [4.69, 9.17) is 11.6 Å². The molecule has 0 aliphatic rings. The molecule has 2 aromatic rings. The molecule has 3 heteroatoms. The molecule has 0 aliphatic heterocycles. The van der Waals surface area contributed by atoms with E-state index in [1.807, 2.05) is 48.5 Å². The molecule has 2 rings (SSSR count). The first-order chi connectivity index (χ1) is 9.75. The second-order valence-corrected chi connectivity index (χ2v) is 4.79. The zero-order chi connectivity index (χ0) is 14.2. The van der Waals surface area contributed by atoms with E-state index < -0.39 is 0 Å². The Morgan fingerprint density at radius 1 is 1.05 bits per heavy atom. The van der Waals surface area contributed by atoms with Crippen LogP contribution in [0.2, 0.25) is 5.02 Å². The molecular formula is C17H16ClNO. The molecule has 0 aliphatic carbocycles. The number of amides is 1. The summed E-state index contributed by atoms with van der Waals surface area (Å²) in [5, 5.41) is 3.49. The minimum Gasteiger partial charge on any atom is -0.352 e. The van der Waals surface area contributed by atoms with Gasteiger partial charge >= 0.3 is 0 Å². The summed E-state index contributed by atoms with van der Waals surface area (Å²) < 4.78 is 0. The van der Waals surface area contributed by atoms with Crippen molar-refractivity contribution in [1.29, 1.82) is 0 Å². The molecule has 0 atom stereocenters. The molecule has 20 heavy (non-hydrogen) atoms. The third-order valence-corrected chi connectivity index (χ3v) is 3.22. The highest BCUT2D eigenvalue weighted by atomic mass is 35.5. The summed E-state index contributed by atoms with van der Waals surface area (Å²) in [5.74, 6) is -0.110. The SMILES string of the molecule is O=C(C=Cc1ccccc1Cl)NCCc1ccccc1. The van der Waals surface area contributed by atoms with Gasteiger partial charge in [-0.15, -0.1) is 0 Å². The van der Waals surface area contributed by atoms with Gasteiger partial charge in [-0.2, -0.15) is 0 Å². The van der Waals surface area contributed by atoms with Gasteiger partial charge in [-0.3, -0.25) is 4.79 Å². The first-order valence-electron chi connectivity index (χ1n) is 6.50. The molecule has 0 unspecified atom stereocenters. The number of nitrogens with one attached hydrogen (secondary N) is 1. The van der Waals surface area contributed by atoms with E-state index in [0.717, 1.165) is 12.0 Å². The molecule has 2 aromatic carbocycles. The van der Waals surface area contributed by atoms with Crippen molar-refractivity contribution in [3.8, 4) is 0 Å². The van der Waals surface area contributed by atoms with Crippen LogP contribution >= 0.6 is 11.6 Å². The van der Waals surface area contributed by atoms with Crippen molar-refractivity contribution >= 4 is 23.6 Å². The Bertz CT molecular complexity index is 593. The average Bonchev–Trinajstić information content (AvgIpc) is 2.47. The van der Waals surface area contributed by atoms with E-state index in [1.54, 1.807) is 12.1 Å². The third kappa shape index (κ3) is 4.56. The molecular weight excluding hydrogens is 270 g/mol. The minimum absolute atomic E-state index is 0.110. The van der Waals surface area contributed by atoms with Gasteiger partial charge in [0.2, 0.25) is 5.91 Å². The summed E-state index contributed by atoms with van der Waals surface area (Å²) in [5.41, 5.74) is 2.05. The third-order valence-electron chi connectivity index (χ3n) is 2.88. The zero-order valence-electron chi connectivity index (χ0n) is 11.1. The molecule has 1 N–H and O–H groups in total. The van der Waals surface area contributed by atoms with Gasteiger partial charge in [0.25, 0.3) is 0 Å². The fourth-order valence-electron chi connectivity index (χ4n) is 1.81. The van der Waals surface area contributed by atoms with E-state index in [2.05, 4.69) is 5.32 Å². The first kappa shape index (κ1) is 14.4. The maximum Gasteiger partial charge on any atom is 0.244 e. The van der Waals surface area contributed by atoms with Gasteiger partial charge in [0.05, 0.1) is 0 Å². The van der Waals surface area contributed by atoms with Crippen molar-refractivity contribution in [2.75, 3.05) is 6.54 Å². The topological polar surface area (TPSA) is 29.1 Å². The predicted molar refractivity (Wildman–Crippen MR) is 83.6 cm³/mol. The zero-order valence-corrected chi connectivity index (χ0v) is 11.8. The summed E-state index contributed by atoms with van der Waals surface area (Å²) >= 11 is 6.01. The molecule has 0 aromatic heterocycles. The fraction of sp³-hybridized carbons (Fsp3) is 0.118. The second kappa shape index (κ2) is 7.51. The summed E-state index contributed by atoms with van der Waals surface area (Å²) in [6.45, 7) is 0.621. The van der Waals surface area contributed by atoms with Crippen LogP contribution in [0.5, 0.6) is 0 Å². The van der Waals surface area contributed by atoms with E-state index in [9.17, 15) is 4.79 Å². The Balaban J connectivity index is 1.80. The molecule has 0 radical (unpaired) electrons. The molecule has 0 bridgehead atoms. The highest BCUT2D eigenvalue weighted by Crippen LogP contribution is 2.15. The van der Waals surface area contributed by atoms with Crippen LogP contribution in [-0.2, 0) is 11.2 Å². The van der Waals surface area contributed by atoms with Crippen molar-refractivity contribution in [3.63, 3.8) is 0 Å². The molecule has 0 heterocycles. The Labute approximate surface area is 124 Å². The Kier molecular flexibility index (Phi) is 5.39. The normalized spacial score (nSPS) is 10.7. The number of carbonyl (C=O) groups excluding carboxylic acids is 1. The number of halogens is 1. The molecule has 2 nitrogen and oxygen atoms in total. The first-order valence-corrected chi connectivity index (χ1v) is 6.88. The number of hydrogen-bond acceptors (Lipinski definition) is 1. The van der Waals surface area contributed by atoms with Crippen LogP contribution in [0, 0.1) is 0 Å². The Hall–Kier alpha value is -2.06. The molecule has 0 saturated carbocycles. The monoisotopic (exact) mass is 285 g/mol. The fourth-order valence-corrected chi connectivity index (χ4v) is 2.01. The molecule has 102 valence electrons. The maximum atomic E-state index is 11.7. The summed E-state index contributed by atoms with van der Waals surface area (Å²) in [7, 11) is 0. The van der Waals surface area contributed by atoms with Crippen LogP contribution in [0.25, 0.3) is 6.08 Å². The van der Waals surface area contributed by atoms with Crippen LogP contribution < -0.4 is 5.32 Å². The van der Waals surface area contributed by atoms with E-state index in [1.165, 1.54) is 11.6 Å².